The van der Waals surface area contributed by atoms with Gasteiger partial charge in [0.15, 0.2) is 0 Å². The zero-order chi connectivity index (χ0) is 27.9. The van der Waals surface area contributed by atoms with Crippen LogP contribution < -0.4 is 14.4 Å². The third kappa shape index (κ3) is 7.36. The number of halogens is 2. The lowest BCUT2D eigenvalue weighted by molar-refractivity contribution is -0.139. The van der Waals surface area contributed by atoms with Crippen LogP contribution in [0.4, 0.5) is 5.69 Å². The molecular weight excluding hydrogens is 638 g/mol. The van der Waals surface area contributed by atoms with E-state index in [4.69, 9.17) is 4.74 Å². The molecule has 3 aromatic carbocycles. The second-order valence-electron chi connectivity index (χ2n) is 8.33. The van der Waals surface area contributed by atoms with Crippen LogP contribution in [0, 0.1) is 0 Å². The van der Waals surface area contributed by atoms with Crippen LogP contribution in [0.15, 0.2) is 86.6 Å². The van der Waals surface area contributed by atoms with Crippen molar-refractivity contribution in [2.24, 2.45) is 0 Å². The largest absolute Gasteiger partial charge is 0.494 e. The van der Waals surface area contributed by atoms with Crippen molar-refractivity contribution in [1.82, 2.24) is 10.2 Å². The Balaban J connectivity index is 2.03. The highest BCUT2D eigenvalue weighted by atomic mass is 79.9. The van der Waals surface area contributed by atoms with Gasteiger partial charge in [-0.1, -0.05) is 44.0 Å². The minimum atomic E-state index is -4.14. The maximum absolute atomic E-state index is 13.8. The molecule has 2 amide bonds. The molecule has 3 aromatic rings. The third-order valence-electron chi connectivity index (χ3n) is 5.77. The molecule has 0 radical (unpaired) electrons. The van der Waals surface area contributed by atoms with E-state index in [1.165, 1.54) is 24.1 Å². The number of likely N-dealkylation sites (N-methyl/N-ethyl adjacent to an activating group) is 1. The fourth-order valence-electron chi connectivity index (χ4n) is 3.76. The molecule has 0 heterocycles. The van der Waals surface area contributed by atoms with Gasteiger partial charge in [-0.25, -0.2) is 8.42 Å². The van der Waals surface area contributed by atoms with Gasteiger partial charge in [-0.05, 0) is 80.1 Å². The molecule has 0 saturated heterocycles. The molecular formula is C27H29Br2N3O5S. The number of benzene rings is 3. The third-order valence-corrected chi connectivity index (χ3v) is 8.58. The standard InChI is InChI=1S/C27H29Br2N3O5S/c1-4-37-24-12-10-23(11-13-24)32(38(35,36)25-14-8-21(28)9-15-25)18-26(33)31(19(2)27(34)30-3)17-20-6-5-7-22(29)16-20/h5-16,19H,4,17-18H2,1-3H3,(H,30,34)/t19-/m1/s1. The molecule has 202 valence electrons. The molecule has 8 nitrogen and oxygen atoms in total. The average Bonchev–Trinajstić information content (AvgIpc) is 2.90. The second-order valence-corrected chi connectivity index (χ2v) is 12.0. The van der Waals surface area contributed by atoms with Crippen LogP contribution >= 0.6 is 31.9 Å². The lowest BCUT2D eigenvalue weighted by Gasteiger charge is -2.31. The summed E-state index contributed by atoms with van der Waals surface area (Å²) >= 11 is 6.75. The Kier molecular flexibility index (Phi) is 10.3. The number of anilines is 1. The van der Waals surface area contributed by atoms with Crippen LogP contribution in [0.2, 0.25) is 0 Å². The van der Waals surface area contributed by atoms with Crippen LogP contribution in [0.5, 0.6) is 5.75 Å². The maximum atomic E-state index is 13.8. The first-order valence-electron chi connectivity index (χ1n) is 11.8. The van der Waals surface area contributed by atoms with E-state index in [9.17, 15) is 18.0 Å². The van der Waals surface area contributed by atoms with Crippen molar-refractivity contribution in [1.29, 1.82) is 0 Å². The highest BCUT2D eigenvalue weighted by Crippen LogP contribution is 2.27. The Morgan fingerprint density at radius 1 is 0.974 bits per heavy atom. The van der Waals surface area contributed by atoms with E-state index in [2.05, 4.69) is 37.2 Å². The molecule has 0 unspecified atom stereocenters. The summed E-state index contributed by atoms with van der Waals surface area (Å²) in [6, 6.07) is 19.2. The van der Waals surface area contributed by atoms with Crippen molar-refractivity contribution in [3.63, 3.8) is 0 Å². The molecule has 1 atom stereocenters. The molecule has 11 heteroatoms. The molecule has 0 saturated carbocycles. The van der Waals surface area contributed by atoms with Crippen molar-refractivity contribution in [2.45, 2.75) is 31.3 Å². The van der Waals surface area contributed by atoms with Gasteiger partial charge in [0.05, 0.1) is 17.2 Å². The minimum absolute atomic E-state index is 0.0280. The van der Waals surface area contributed by atoms with E-state index in [0.717, 1.165) is 18.8 Å². The summed E-state index contributed by atoms with van der Waals surface area (Å²) in [5, 5.41) is 2.57. The van der Waals surface area contributed by atoms with Crippen LogP contribution in [0.25, 0.3) is 0 Å². The Morgan fingerprint density at radius 2 is 1.63 bits per heavy atom. The summed E-state index contributed by atoms with van der Waals surface area (Å²) < 4.78 is 35.7. The minimum Gasteiger partial charge on any atom is -0.494 e. The molecule has 38 heavy (non-hydrogen) atoms. The fourth-order valence-corrected chi connectivity index (χ4v) is 5.89. The van der Waals surface area contributed by atoms with Gasteiger partial charge in [-0.15, -0.1) is 0 Å². The number of ether oxygens (including phenoxy) is 1. The van der Waals surface area contributed by atoms with E-state index in [-0.39, 0.29) is 17.3 Å². The lowest BCUT2D eigenvalue weighted by Crippen LogP contribution is -2.50. The van der Waals surface area contributed by atoms with E-state index < -0.39 is 28.5 Å². The molecule has 0 bridgehead atoms. The molecule has 0 aliphatic heterocycles. The monoisotopic (exact) mass is 665 g/mol. The van der Waals surface area contributed by atoms with E-state index in [1.54, 1.807) is 43.3 Å². The summed E-state index contributed by atoms with van der Waals surface area (Å²) in [5.74, 6) is -0.319. The summed E-state index contributed by atoms with van der Waals surface area (Å²) in [6.45, 7) is 3.52. The van der Waals surface area contributed by atoms with Crippen molar-refractivity contribution in [3.8, 4) is 5.75 Å². The van der Waals surface area contributed by atoms with Crippen molar-refractivity contribution < 1.29 is 22.7 Å². The molecule has 0 aliphatic rings. The Bertz CT molecular complexity index is 1370. The molecule has 0 aliphatic carbocycles. The molecule has 0 aromatic heterocycles. The molecule has 0 fully saturated rings. The van der Waals surface area contributed by atoms with Crippen LogP contribution in [0.1, 0.15) is 19.4 Å². The average molecular weight is 667 g/mol. The maximum Gasteiger partial charge on any atom is 0.264 e. The van der Waals surface area contributed by atoms with Gasteiger partial charge in [0.25, 0.3) is 10.0 Å². The Morgan fingerprint density at radius 3 is 2.21 bits per heavy atom. The van der Waals surface area contributed by atoms with Crippen molar-refractivity contribution >= 4 is 59.4 Å². The zero-order valence-corrected chi connectivity index (χ0v) is 25.2. The Labute approximate surface area is 240 Å². The summed E-state index contributed by atoms with van der Waals surface area (Å²) in [6.07, 6.45) is 0. The van der Waals surface area contributed by atoms with Crippen LogP contribution in [0.3, 0.4) is 0 Å². The van der Waals surface area contributed by atoms with Gasteiger partial charge in [0.2, 0.25) is 11.8 Å². The van der Waals surface area contributed by atoms with E-state index in [1.807, 2.05) is 31.2 Å². The molecule has 0 spiro atoms. The van der Waals surface area contributed by atoms with Gasteiger partial charge >= 0.3 is 0 Å². The quantitative estimate of drug-likeness (QED) is 0.312. The second kappa shape index (κ2) is 13.3. The van der Waals surface area contributed by atoms with Gasteiger partial charge in [0.1, 0.15) is 18.3 Å². The van der Waals surface area contributed by atoms with Gasteiger partial charge in [0, 0.05) is 22.5 Å². The summed E-state index contributed by atoms with van der Waals surface area (Å²) in [4.78, 5) is 27.7. The highest BCUT2D eigenvalue weighted by molar-refractivity contribution is 9.10. The first-order valence-corrected chi connectivity index (χ1v) is 14.9. The normalized spacial score (nSPS) is 11.9. The van der Waals surface area contributed by atoms with Crippen molar-refractivity contribution in [2.75, 3.05) is 24.5 Å². The predicted octanol–water partition coefficient (Wildman–Crippen LogP) is 4.97. The smallest absolute Gasteiger partial charge is 0.264 e. The number of nitrogens with zero attached hydrogens (tertiary/aromatic N) is 2. The Hall–Kier alpha value is -2.89. The topological polar surface area (TPSA) is 96.0 Å². The van der Waals surface area contributed by atoms with E-state index >= 15 is 0 Å². The first-order chi connectivity index (χ1) is 18.1. The SMILES string of the molecule is CCOc1ccc(N(CC(=O)N(Cc2cccc(Br)c2)[C@H](C)C(=O)NC)S(=O)(=O)c2ccc(Br)cc2)cc1. The summed E-state index contributed by atoms with van der Waals surface area (Å²) in [7, 11) is -2.65. The number of rotatable bonds is 11. The molecule has 3 rings (SSSR count). The number of carbonyl (C=O) groups is 2. The van der Waals surface area contributed by atoms with Crippen LogP contribution in [-0.2, 0) is 26.2 Å². The van der Waals surface area contributed by atoms with Gasteiger partial charge in [-0.2, -0.15) is 0 Å². The lowest BCUT2D eigenvalue weighted by atomic mass is 10.1. The summed E-state index contributed by atoms with van der Waals surface area (Å²) in [5.41, 5.74) is 1.08. The fraction of sp³-hybridized carbons (Fsp3) is 0.259. The number of nitrogens with one attached hydrogen (secondary N) is 1. The zero-order valence-electron chi connectivity index (χ0n) is 21.2. The van der Waals surface area contributed by atoms with Crippen molar-refractivity contribution in [3.05, 3.63) is 87.3 Å². The number of hydrogen-bond acceptors (Lipinski definition) is 5. The number of sulfonamides is 1. The van der Waals surface area contributed by atoms with E-state index in [0.29, 0.717) is 18.0 Å². The molecule has 1 N–H and O–H groups in total. The van der Waals surface area contributed by atoms with Gasteiger partial charge in [-0.3, -0.25) is 13.9 Å². The predicted molar refractivity (Wildman–Crippen MR) is 155 cm³/mol. The highest BCUT2D eigenvalue weighted by Gasteiger charge is 2.32. The first kappa shape index (κ1) is 29.7. The van der Waals surface area contributed by atoms with Gasteiger partial charge < -0.3 is 15.0 Å². The number of carbonyl (C=O) groups excluding carboxylic acids is 2. The number of amides is 2. The van der Waals surface area contributed by atoms with Crippen LogP contribution in [-0.4, -0.2) is 51.4 Å². The number of hydrogen-bond donors (Lipinski definition) is 1.